The number of nitrogens with one attached hydrogen (secondary N) is 1. The van der Waals surface area contributed by atoms with E-state index in [9.17, 15) is 5.11 Å². The predicted octanol–water partition coefficient (Wildman–Crippen LogP) is 2.85. The molecule has 0 radical (unpaired) electrons. The van der Waals surface area contributed by atoms with E-state index in [1.807, 2.05) is 0 Å². The van der Waals surface area contributed by atoms with Crippen molar-refractivity contribution in [3.8, 4) is 0 Å². The summed E-state index contributed by atoms with van der Waals surface area (Å²) in [4.78, 5) is 2.56. The monoisotopic (exact) mass is 302 g/mol. The van der Waals surface area contributed by atoms with Gasteiger partial charge in [0.2, 0.25) is 0 Å². The number of benzene rings is 1. The van der Waals surface area contributed by atoms with Crippen LogP contribution in [0.4, 0.5) is 0 Å². The summed E-state index contributed by atoms with van der Waals surface area (Å²) in [5, 5.41) is 14.1. The van der Waals surface area contributed by atoms with Gasteiger partial charge in [0.05, 0.1) is 5.60 Å². The van der Waals surface area contributed by atoms with Gasteiger partial charge in [0.1, 0.15) is 0 Å². The van der Waals surface area contributed by atoms with E-state index >= 15 is 0 Å². The Kier molecular flexibility index (Phi) is 5.17. The van der Waals surface area contributed by atoms with Crippen molar-refractivity contribution < 1.29 is 5.11 Å². The number of nitrogens with zero attached hydrogens (tertiary/aromatic N) is 1. The van der Waals surface area contributed by atoms with E-state index in [-0.39, 0.29) is 0 Å². The molecule has 22 heavy (non-hydrogen) atoms. The van der Waals surface area contributed by atoms with Crippen molar-refractivity contribution in [1.29, 1.82) is 0 Å². The van der Waals surface area contributed by atoms with Gasteiger partial charge in [-0.15, -0.1) is 0 Å². The predicted molar refractivity (Wildman–Crippen MR) is 90.9 cm³/mol. The molecule has 3 heteroatoms. The SMILES string of the molecule is Cc1cccc(CN(CC2(O)CCNC2)C2CCCCC2)c1. The van der Waals surface area contributed by atoms with E-state index in [0.29, 0.717) is 6.04 Å². The van der Waals surface area contributed by atoms with Crippen LogP contribution in [-0.2, 0) is 6.54 Å². The van der Waals surface area contributed by atoms with Crippen molar-refractivity contribution in [3.05, 3.63) is 35.4 Å². The highest BCUT2D eigenvalue weighted by Gasteiger charge is 2.35. The summed E-state index contributed by atoms with van der Waals surface area (Å²) in [6.45, 7) is 5.61. The molecule has 1 heterocycles. The Morgan fingerprint density at radius 3 is 2.77 bits per heavy atom. The van der Waals surface area contributed by atoms with E-state index in [2.05, 4.69) is 41.4 Å². The molecule has 2 aliphatic rings. The molecule has 0 bridgehead atoms. The maximum atomic E-state index is 10.8. The van der Waals surface area contributed by atoms with Crippen molar-refractivity contribution in [2.24, 2.45) is 0 Å². The molecular weight excluding hydrogens is 272 g/mol. The summed E-state index contributed by atoms with van der Waals surface area (Å²) in [6.07, 6.45) is 7.51. The van der Waals surface area contributed by atoms with E-state index in [1.54, 1.807) is 0 Å². The quantitative estimate of drug-likeness (QED) is 0.878. The minimum Gasteiger partial charge on any atom is -0.387 e. The summed E-state index contributed by atoms with van der Waals surface area (Å²) in [5.41, 5.74) is 2.16. The van der Waals surface area contributed by atoms with E-state index in [0.717, 1.165) is 32.6 Å². The molecule has 3 rings (SSSR count). The van der Waals surface area contributed by atoms with Crippen molar-refractivity contribution in [2.45, 2.75) is 63.6 Å². The first-order chi connectivity index (χ1) is 10.6. The van der Waals surface area contributed by atoms with Gasteiger partial charge in [-0.3, -0.25) is 4.90 Å². The van der Waals surface area contributed by atoms with Crippen LogP contribution < -0.4 is 5.32 Å². The van der Waals surface area contributed by atoms with Crippen LogP contribution in [0.25, 0.3) is 0 Å². The summed E-state index contributed by atoms with van der Waals surface area (Å²) in [6, 6.07) is 9.45. The fourth-order valence-electron chi connectivity index (χ4n) is 4.05. The van der Waals surface area contributed by atoms with Crippen molar-refractivity contribution in [1.82, 2.24) is 10.2 Å². The normalized spacial score (nSPS) is 26.7. The Hall–Kier alpha value is -0.900. The third kappa shape index (κ3) is 4.09. The summed E-state index contributed by atoms with van der Waals surface area (Å²) in [7, 11) is 0. The number of rotatable bonds is 5. The lowest BCUT2D eigenvalue weighted by atomic mass is 9.92. The molecule has 122 valence electrons. The lowest BCUT2D eigenvalue weighted by molar-refractivity contribution is -0.00244. The average molecular weight is 302 g/mol. The van der Waals surface area contributed by atoms with E-state index in [4.69, 9.17) is 0 Å². The van der Waals surface area contributed by atoms with Gasteiger partial charge >= 0.3 is 0 Å². The van der Waals surface area contributed by atoms with Gasteiger partial charge in [-0.05, 0) is 38.3 Å². The zero-order valence-electron chi connectivity index (χ0n) is 13.9. The van der Waals surface area contributed by atoms with Gasteiger partial charge in [-0.2, -0.15) is 0 Å². The molecule has 1 aromatic carbocycles. The Balaban J connectivity index is 1.72. The topological polar surface area (TPSA) is 35.5 Å². The molecule has 1 aliphatic heterocycles. The molecule has 2 N–H and O–H groups in total. The summed E-state index contributed by atoms with van der Waals surface area (Å²) < 4.78 is 0. The molecule has 1 saturated carbocycles. The van der Waals surface area contributed by atoms with Crippen LogP contribution in [0.15, 0.2) is 24.3 Å². The maximum absolute atomic E-state index is 10.8. The average Bonchev–Trinajstić information content (AvgIpc) is 2.94. The fraction of sp³-hybridized carbons (Fsp3) is 0.684. The van der Waals surface area contributed by atoms with E-state index < -0.39 is 5.60 Å². The minimum absolute atomic E-state index is 0.540. The second kappa shape index (κ2) is 7.12. The number of aliphatic hydroxyl groups is 1. The standard InChI is InChI=1S/C19H30N2O/c1-16-6-5-7-17(12-16)13-21(18-8-3-2-4-9-18)15-19(22)10-11-20-14-19/h5-7,12,18,20,22H,2-4,8-11,13-15H2,1H3. The van der Waals surface area contributed by atoms with Gasteiger partial charge < -0.3 is 10.4 Å². The van der Waals surface area contributed by atoms with Crippen LogP contribution in [-0.4, -0.2) is 41.3 Å². The molecule has 3 nitrogen and oxygen atoms in total. The fourth-order valence-corrected chi connectivity index (χ4v) is 4.05. The van der Waals surface area contributed by atoms with Gasteiger partial charge in [0, 0.05) is 25.7 Å². The number of hydrogen-bond donors (Lipinski definition) is 2. The van der Waals surface area contributed by atoms with Crippen LogP contribution in [0.3, 0.4) is 0 Å². The lowest BCUT2D eigenvalue weighted by Gasteiger charge is -2.38. The third-order valence-electron chi connectivity index (χ3n) is 5.28. The largest absolute Gasteiger partial charge is 0.387 e. The van der Waals surface area contributed by atoms with Gasteiger partial charge in [-0.1, -0.05) is 49.1 Å². The molecular formula is C19H30N2O. The number of β-amino-alcohol motifs (C(OH)–C–C–N with tert-alkyl or cyclic N) is 1. The van der Waals surface area contributed by atoms with Crippen molar-refractivity contribution in [2.75, 3.05) is 19.6 Å². The number of aryl methyl sites for hydroxylation is 1. The highest BCUT2D eigenvalue weighted by molar-refractivity contribution is 5.22. The molecule has 0 spiro atoms. The summed E-state index contributed by atoms with van der Waals surface area (Å²) in [5.74, 6) is 0. The molecule has 1 saturated heterocycles. The first-order valence-corrected chi connectivity index (χ1v) is 8.87. The van der Waals surface area contributed by atoms with Crippen LogP contribution in [0.1, 0.15) is 49.7 Å². The smallest absolute Gasteiger partial charge is 0.0909 e. The molecule has 1 unspecified atom stereocenters. The Labute approximate surface area is 134 Å². The van der Waals surface area contributed by atoms with Crippen LogP contribution in [0.2, 0.25) is 0 Å². The van der Waals surface area contributed by atoms with Gasteiger partial charge in [0.15, 0.2) is 0 Å². The molecule has 2 fully saturated rings. The molecule has 1 aromatic rings. The Morgan fingerprint density at radius 1 is 1.27 bits per heavy atom. The zero-order valence-corrected chi connectivity index (χ0v) is 13.9. The van der Waals surface area contributed by atoms with Crippen LogP contribution in [0, 0.1) is 6.92 Å². The van der Waals surface area contributed by atoms with Crippen molar-refractivity contribution in [3.63, 3.8) is 0 Å². The lowest BCUT2D eigenvalue weighted by Crippen LogP contribution is -2.48. The Morgan fingerprint density at radius 2 is 2.09 bits per heavy atom. The first kappa shape index (κ1) is 16.0. The Bertz CT molecular complexity index is 476. The molecule has 1 atom stereocenters. The molecule has 1 aliphatic carbocycles. The van der Waals surface area contributed by atoms with Gasteiger partial charge in [0.25, 0.3) is 0 Å². The van der Waals surface area contributed by atoms with Crippen molar-refractivity contribution >= 4 is 0 Å². The maximum Gasteiger partial charge on any atom is 0.0909 e. The molecule has 0 aromatic heterocycles. The van der Waals surface area contributed by atoms with Crippen LogP contribution in [0.5, 0.6) is 0 Å². The van der Waals surface area contributed by atoms with Gasteiger partial charge in [-0.25, -0.2) is 0 Å². The summed E-state index contributed by atoms with van der Waals surface area (Å²) >= 11 is 0. The second-order valence-electron chi connectivity index (χ2n) is 7.34. The highest BCUT2D eigenvalue weighted by Crippen LogP contribution is 2.27. The third-order valence-corrected chi connectivity index (χ3v) is 5.28. The second-order valence-corrected chi connectivity index (χ2v) is 7.34. The minimum atomic E-state index is -0.540. The highest BCUT2D eigenvalue weighted by atomic mass is 16.3. The number of hydrogen-bond acceptors (Lipinski definition) is 3. The van der Waals surface area contributed by atoms with Crippen LogP contribution >= 0.6 is 0 Å². The molecule has 0 amide bonds. The first-order valence-electron chi connectivity index (χ1n) is 8.87. The zero-order chi connectivity index (χ0) is 15.4. The van der Waals surface area contributed by atoms with E-state index in [1.165, 1.54) is 43.2 Å².